The summed E-state index contributed by atoms with van der Waals surface area (Å²) in [6, 6.07) is 20.1. The second-order valence-corrected chi connectivity index (χ2v) is 10.5. The number of aryl methyl sites for hydroxylation is 1. The van der Waals surface area contributed by atoms with Gasteiger partial charge in [-0.05, 0) is 45.6 Å². The molecule has 5 rings (SSSR count). The third kappa shape index (κ3) is 4.80. The molecule has 0 bridgehead atoms. The van der Waals surface area contributed by atoms with Crippen molar-refractivity contribution < 1.29 is 14.2 Å². The fourth-order valence-corrected chi connectivity index (χ4v) is 5.72. The van der Waals surface area contributed by atoms with Gasteiger partial charge in [-0.2, -0.15) is 4.73 Å². The van der Waals surface area contributed by atoms with Gasteiger partial charge < -0.3 is 19.2 Å². The first kappa shape index (κ1) is 22.8. The first-order valence-electron chi connectivity index (χ1n) is 11.1. The molecule has 0 saturated heterocycles. The molecule has 6 nitrogen and oxygen atoms in total. The fraction of sp³-hybridized carbons (Fsp3) is 0.231. The number of aromatic nitrogens is 3. The summed E-state index contributed by atoms with van der Waals surface area (Å²) in [7, 11) is 1.67. The topological polar surface area (TPSA) is 63.2 Å². The summed E-state index contributed by atoms with van der Waals surface area (Å²) in [6.45, 7) is 1.90. The molecule has 3 aromatic heterocycles. The van der Waals surface area contributed by atoms with E-state index in [9.17, 15) is 5.21 Å². The van der Waals surface area contributed by atoms with Crippen LogP contribution in [0, 0.1) is 5.21 Å². The lowest BCUT2D eigenvalue weighted by atomic mass is 10.2. The minimum atomic E-state index is 0.600. The summed E-state index contributed by atoms with van der Waals surface area (Å²) in [6.07, 6.45) is 3.18. The number of ether oxygens (including phenoxy) is 2. The number of hydrogen-bond donors (Lipinski definition) is 0. The molecule has 0 unspecified atom stereocenters. The van der Waals surface area contributed by atoms with Gasteiger partial charge >= 0.3 is 0 Å². The predicted octanol–water partition coefficient (Wildman–Crippen LogP) is 5.85. The van der Waals surface area contributed by atoms with Crippen LogP contribution in [0.2, 0.25) is 0 Å². The summed E-state index contributed by atoms with van der Waals surface area (Å²) in [5, 5.41) is 12.6. The molecule has 2 aromatic carbocycles. The Morgan fingerprint density at radius 3 is 2.65 bits per heavy atom. The minimum Gasteiger partial charge on any atom is -0.618 e. The van der Waals surface area contributed by atoms with Crippen molar-refractivity contribution in [2.45, 2.75) is 26.0 Å². The number of nitrogens with zero attached hydrogens (tertiary/aromatic N) is 3. The monoisotopic (exact) mass is 537 g/mol. The van der Waals surface area contributed by atoms with E-state index in [2.05, 4.69) is 44.8 Å². The Balaban J connectivity index is 1.43. The van der Waals surface area contributed by atoms with Crippen LogP contribution in [-0.2, 0) is 24.3 Å². The molecule has 174 valence electrons. The van der Waals surface area contributed by atoms with Crippen LogP contribution in [0.4, 0.5) is 0 Å². The van der Waals surface area contributed by atoms with Gasteiger partial charge in [0.1, 0.15) is 16.3 Å². The molecular weight excluding hydrogens is 514 g/mol. The second kappa shape index (κ2) is 10.1. The zero-order valence-corrected chi connectivity index (χ0v) is 21.1. The molecule has 8 heteroatoms. The predicted molar refractivity (Wildman–Crippen MR) is 138 cm³/mol. The number of thiophene rings is 1. The van der Waals surface area contributed by atoms with Crippen molar-refractivity contribution in [1.82, 2.24) is 9.55 Å². The normalized spacial score (nSPS) is 11.5. The molecule has 0 N–H and O–H groups in total. The third-order valence-electron chi connectivity index (χ3n) is 5.75. The molecule has 34 heavy (non-hydrogen) atoms. The van der Waals surface area contributed by atoms with Crippen LogP contribution in [0.5, 0.6) is 5.75 Å². The van der Waals surface area contributed by atoms with Crippen LogP contribution in [0.3, 0.4) is 0 Å². The Kier molecular flexibility index (Phi) is 6.80. The standard InChI is InChI=1S/C26H24BrN3O3S/c1-32-20-11-9-18(10-12-20)15-29-24(8-5-13-33-17-19-6-3-2-4-7-19)28-21-16-30(31)22-14-23(27)34-26(22)25(21)29/h2-4,6-7,9-12,14,16H,5,8,13,15,17H2,1H3. The molecule has 0 radical (unpaired) electrons. The van der Waals surface area contributed by atoms with Crippen molar-refractivity contribution >= 4 is 48.5 Å². The zero-order valence-electron chi connectivity index (χ0n) is 18.7. The van der Waals surface area contributed by atoms with Gasteiger partial charge in [0.15, 0.2) is 5.52 Å². The number of rotatable bonds is 9. The lowest BCUT2D eigenvalue weighted by molar-refractivity contribution is -0.575. The van der Waals surface area contributed by atoms with Crippen molar-refractivity contribution in [3.63, 3.8) is 0 Å². The van der Waals surface area contributed by atoms with Crippen molar-refractivity contribution in [1.29, 1.82) is 0 Å². The zero-order chi connectivity index (χ0) is 23.5. The van der Waals surface area contributed by atoms with Crippen LogP contribution in [0.25, 0.3) is 21.3 Å². The van der Waals surface area contributed by atoms with E-state index in [0.717, 1.165) is 48.7 Å². The van der Waals surface area contributed by atoms with Gasteiger partial charge in [-0.1, -0.05) is 42.5 Å². The van der Waals surface area contributed by atoms with E-state index in [0.29, 0.717) is 30.8 Å². The summed E-state index contributed by atoms with van der Waals surface area (Å²) < 4.78 is 16.2. The van der Waals surface area contributed by atoms with Crippen LogP contribution < -0.4 is 9.47 Å². The molecule has 0 aliphatic heterocycles. The number of imidazole rings is 1. The average Bonchev–Trinajstić information content (AvgIpc) is 3.40. The number of hydrogen-bond acceptors (Lipinski definition) is 5. The quantitative estimate of drug-likeness (QED) is 0.134. The van der Waals surface area contributed by atoms with Gasteiger partial charge in [0.25, 0.3) is 0 Å². The number of halogens is 1. The molecule has 5 aromatic rings. The van der Waals surface area contributed by atoms with E-state index in [-0.39, 0.29) is 0 Å². The maximum absolute atomic E-state index is 12.6. The largest absolute Gasteiger partial charge is 0.618 e. The van der Waals surface area contributed by atoms with Crippen molar-refractivity contribution in [3.8, 4) is 5.75 Å². The number of methoxy groups -OCH3 is 1. The Morgan fingerprint density at radius 1 is 1.09 bits per heavy atom. The van der Waals surface area contributed by atoms with E-state index in [1.54, 1.807) is 24.6 Å². The van der Waals surface area contributed by atoms with E-state index in [1.165, 1.54) is 5.56 Å². The highest BCUT2D eigenvalue weighted by molar-refractivity contribution is 9.11. The molecule has 0 saturated carbocycles. The second-order valence-electron chi connectivity index (χ2n) is 8.06. The Hall–Kier alpha value is -2.94. The van der Waals surface area contributed by atoms with Crippen LogP contribution >= 0.6 is 27.3 Å². The summed E-state index contributed by atoms with van der Waals surface area (Å²) in [5.74, 6) is 1.78. The third-order valence-corrected chi connectivity index (χ3v) is 7.38. The van der Waals surface area contributed by atoms with Gasteiger partial charge in [0.2, 0.25) is 11.7 Å². The number of pyridine rings is 1. The highest BCUT2D eigenvalue weighted by atomic mass is 79.9. The van der Waals surface area contributed by atoms with Gasteiger partial charge in [-0.15, -0.1) is 11.3 Å². The van der Waals surface area contributed by atoms with Crippen molar-refractivity contribution in [3.05, 3.63) is 92.8 Å². The van der Waals surface area contributed by atoms with E-state index in [1.807, 2.05) is 36.4 Å². The number of fused-ring (bicyclic) bond motifs is 3. The first-order valence-corrected chi connectivity index (χ1v) is 12.7. The molecular formula is C26H24BrN3O3S. The Morgan fingerprint density at radius 2 is 1.88 bits per heavy atom. The highest BCUT2D eigenvalue weighted by Crippen LogP contribution is 2.34. The van der Waals surface area contributed by atoms with E-state index >= 15 is 0 Å². The Labute approximate surface area is 210 Å². The summed E-state index contributed by atoms with van der Waals surface area (Å²) in [4.78, 5) is 4.87. The Bertz CT molecular complexity index is 1410. The molecule has 0 amide bonds. The maximum Gasteiger partial charge on any atom is 0.238 e. The van der Waals surface area contributed by atoms with Gasteiger partial charge in [0.05, 0.1) is 23.0 Å². The fourth-order valence-electron chi connectivity index (χ4n) is 4.09. The van der Waals surface area contributed by atoms with Gasteiger partial charge in [-0.3, -0.25) is 0 Å². The molecule has 3 heterocycles. The average molecular weight is 538 g/mol. The molecule has 0 fully saturated rings. The molecule has 0 spiro atoms. The lowest BCUT2D eigenvalue weighted by Crippen LogP contribution is -2.25. The van der Waals surface area contributed by atoms with Crippen LogP contribution in [0.15, 0.2) is 70.6 Å². The van der Waals surface area contributed by atoms with E-state index < -0.39 is 0 Å². The van der Waals surface area contributed by atoms with Crippen molar-refractivity contribution in [2.75, 3.05) is 13.7 Å². The van der Waals surface area contributed by atoms with Gasteiger partial charge in [-0.25, -0.2) is 4.98 Å². The molecule has 0 aliphatic rings. The molecule has 0 atom stereocenters. The summed E-state index contributed by atoms with van der Waals surface area (Å²) >= 11 is 5.10. The SMILES string of the molecule is COc1ccc(Cn2c(CCCOCc3ccccc3)nc3c[n+]([O-])c4cc(Br)sc4c32)cc1. The summed E-state index contributed by atoms with van der Waals surface area (Å²) in [5.41, 5.74) is 4.67. The molecule has 0 aliphatic carbocycles. The smallest absolute Gasteiger partial charge is 0.238 e. The first-order chi connectivity index (χ1) is 16.6. The number of benzene rings is 2. The minimum absolute atomic E-state index is 0.600. The van der Waals surface area contributed by atoms with E-state index in [4.69, 9.17) is 14.5 Å². The lowest BCUT2D eigenvalue weighted by Gasteiger charge is -2.11. The maximum atomic E-state index is 12.6. The highest BCUT2D eigenvalue weighted by Gasteiger charge is 2.21. The van der Waals surface area contributed by atoms with Gasteiger partial charge in [0, 0.05) is 25.6 Å². The van der Waals surface area contributed by atoms with Crippen LogP contribution in [0.1, 0.15) is 23.4 Å². The van der Waals surface area contributed by atoms with Crippen LogP contribution in [-0.4, -0.2) is 23.3 Å². The van der Waals surface area contributed by atoms with Crippen molar-refractivity contribution in [2.24, 2.45) is 0 Å².